The molecule has 0 heterocycles. The lowest BCUT2D eigenvalue weighted by Crippen LogP contribution is -2.11. The molecule has 2 aromatic rings. The van der Waals surface area contributed by atoms with Crippen LogP contribution in [-0.2, 0) is 0 Å². The zero-order valence-electron chi connectivity index (χ0n) is 9.65. The lowest BCUT2D eigenvalue weighted by molar-refractivity contribution is 0.102. The van der Waals surface area contributed by atoms with Crippen LogP contribution in [0.5, 0.6) is 0 Å². The number of carbonyl (C=O) groups is 1. The van der Waals surface area contributed by atoms with E-state index < -0.39 is 0 Å². The van der Waals surface area contributed by atoms with E-state index >= 15 is 0 Å². The van der Waals surface area contributed by atoms with Gasteiger partial charge >= 0.3 is 0 Å². The fourth-order valence-corrected chi connectivity index (χ4v) is 2.07. The Labute approximate surface area is 129 Å². The SMILES string of the molecule is N#Cc1ccc(NC(=O)c2ccc(I)cc2)cc1Cl. The van der Waals surface area contributed by atoms with Gasteiger partial charge in [0.25, 0.3) is 5.91 Å². The van der Waals surface area contributed by atoms with E-state index in [-0.39, 0.29) is 5.91 Å². The van der Waals surface area contributed by atoms with Gasteiger partial charge in [-0.2, -0.15) is 5.26 Å². The smallest absolute Gasteiger partial charge is 0.255 e. The minimum absolute atomic E-state index is 0.211. The molecule has 0 unspecified atom stereocenters. The maximum Gasteiger partial charge on any atom is 0.255 e. The van der Waals surface area contributed by atoms with E-state index in [1.54, 1.807) is 30.3 Å². The van der Waals surface area contributed by atoms with Crippen LogP contribution in [0.25, 0.3) is 0 Å². The second kappa shape index (κ2) is 6.04. The van der Waals surface area contributed by atoms with Crippen LogP contribution < -0.4 is 5.32 Å². The Morgan fingerprint density at radius 3 is 2.47 bits per heavy atom. The summed E-state index contributed by atoms with van der Waals surface area (Å²) < 4.78 is 1.07. The predicted molar refractivity (Wildman–Crippen MR) is 83.3 cm³/mol. The van der Waals surface area contributed by atoms with Crippen molar-refractivity contribution in [3.05, 3.63) is 62.2 Å². The molecule has 0 bridgehead atoms. The molecule has 5 heteroatoms. The molecule has 1 N–H and O–H groups in total. The fourth-order valence-electron chi connectivity index (χ4n) is 1.49. The minimum Gasteiger partial charge on any atom is -0.322 e. The lowest BCUT2D eigenvalue weighted by atomic mass is 10.2. The van der Waals surface area contributed by atoms with Crippen LogP contribution in [0.1, 0.15) is 15.9 Å². The summed E-state index contributed by atoms with van der Waals surface area (Å²) in [6.45, 7) is 0. The zero-order valence-corrected chi connectivity index (χ0v) is 12.6. The van der Waals surface area contributed by atoms with Gasteiger partial charge in [-0.25, -0.2) is 0 Å². The Bertz CT molecular complexity index is 662. The topological polar surface area (TPSA) is 52.9 Å². The highest BCUT2D eigenvalue weighted by molar-refractivity contribution is 14.1. The highest BCUT2D eigenvalue weighted by atomic mass is 127. The summed E-state index contributed by atoms with van der Waals surface area (Å²) in [6.07, 6.45) is 0. The molecule has 0 saturated heterocycles. The van der Waals surface area contributed by atoms with Crippen LogP contribution in [0.2, 0.25) is 5.02 Å². The predicted octanol–water partition coefficient (Wildman–Crippen LogP) is 4.07. The van der Waals surface area contributed by atoms with Crippen molar-refractivity contribution in [2.45, 2.75) is 0 Å². The van der Waals surface area contributed by atoms with Gasteiger partial charge in [0.15, 0.2) is 0 Å². The Morgan fingerprint density at radius 1 is 1.21 bits per heavy atom. The van der Waals surface area contributed by atoms with Crippen molar-refractivity contribution in [3.63, 3.8) is 0 Å². The van der Waals surface area contributed by atoms with E-state index in [2.05, 4.69) is 27.9 Å². The van der Waals surface area contributed by atoms with Crippen molar-refractivity contribution in [3.8, 4) is 6.07 Å². The molecule has 0 radical (unpaired) electrons. The van der Waals surface area contributed by atoms with Gasteiger partial charge in [0.1, 0.15) is 6.07 Å². The summed E-state index contributed by atoms with van der Waals surface area (Å²) in [5.74, 6) is -0.211. The van der Waals surface area contributed by atoms with E-state index in [1.807, 2.05) is 18.2 Å². The molecule has 0 aromatic heterocycles. The number of hydrogen-bond acceptors (Lipinski definition) is 2. The van der Waals surface area contributed by atoms with Crippen LogP contribution in [0.15, 0.2) is 42.5 Å². The van der Waals surface area contributed by atoms with Crippen molar-refractivity contribution in [2.24, 2.45) is 0 Å². The summed E-state index contributed by atoms with van der Waals surface area (Å²) in [7, 11) is 0. The lowest BCUT2D eigenvalue weighted by Gasteiger charge is -2.06. The number of hydrogen-bond donors (Lipinski definition) is 1. The van der Waals surface area contributed by atoms with E-state index in [4.69, 9.17) is 16.9 Å². The first-order valence-corrected chi connectivity index (χ1v) is 6.82. The third kappa shape index (κ3) is 3.46. The second-order valence-corrected chi connectivity index (χ2v) is 5.42. The fraction of sp³-hybridized carbons (Fsp3) is 0. The Hall–Kier alpha value is -1.58. The molecule has 0 spiro atoms. The molecular weight excluding hydrogens is 375 g/mol. The summed E-state index contributed by atoms with van der Waals surface area (Å²) in [4.78, 5) is 12.0. The molecule has 0 saturated carbocycles. The van der Waals surface area contributed by atoms with Gasteiger partial charge in [-0.3, -0.25) is 4.79 Å². The van der Waals surface area contributed by atoms with Gasteiger partial charge < -0.3 is 5.32 Å². The molecular formula is C14H8ClIN2O. The third-order valence-electron chi connectivity index (χ3n) is 2.45. The average Bonchev–Trinajstić information content (AvgIpc) is 2.39. The number of carbonyl (C=O) groups excluding carboxylic acids is 1. The normalized spacial score (nSPS) is 9.74. The molecule has 0 aliphatic carbocycles. The highest BCUT2D eigenvalue weighted by Gasteiger charge is 2.07. The van der Waals surface area contributed by atoms with Crippen LogP contribution in [0.4, 0.5) is 5.69 Å². The first kappa shape index (κ1) is 13.8. The molecule has 0 aliphatic heterocycles. The maximum atomic E-state index is 12.0. The molecule has 2 aromatic carbocycles. The molecule has 0 atom stereocenters. The number of nitrogens with one attached hydrogen (secondary N) is 1. The van der Waals surface area contributed by atoms with Crippen LogP contribution in [0, 0.1) is 14.9 Å². The van der Waals surface area contributed by atoms with Crippen LogP contribution in [0.3, 0.4) is 0 Å². The van der Waals surface area contributed by atoms with Gasteiger partial charge in [0.05, 0.1) is 10.6 Å². The first-order valence-electron chi connectivity index (χ1n) is 5.37. The second-order valence-electron chi connectivity index (χ2n) is 3.77. The molecule has 1 amide bonds. The number of rotatable bonds is 2. The Morgan fingerprint density at radius 2 is 1.89 bits per heavy atom. The summed E-state index contributed by atoms with van der Waals surface area (Å²) in [6, 6.07) is 14.0. The van der Waals surface area contributed by atoms with Crippen molar-refractivity contribution >= 4 is 45.8 Å². The van der Waals surface area contributed by atoms with Crippen molar-refractivity contribution in [2.75, 3.05) is 5.32 Å². The number of nitriles is 1. The number of nitrogens with zero attached hydrogens (tertiary/aromatic N) is 1. The summed E-state index contributed by atoms with van der Waals surface area (Å²) in [5.41, 5.74) is 1.52. The van der Waals surface area contributed by atoms with Gasteiger partial charge in [0.2, 0.25) is 0 Å². The van der Waals surface area contributed by atoms with Crippen molar-refractivity contribution in [1.29, 1.82) is 5.26 Å². The van der Waals surface area contributed by atoms with E-state index in [0.29, 0.717) is 21.8 Å². The first-order chi connectivity index (χ1) is 9.10. The molecule has 19 heavy (non-hydrogen) atoms. The average molecular weight is 383 g/mol. The third-order valence-corrected chi connectivity index (χ3v) is 3.49. The summed E-state index contributed by atoms with van der Waals surface area (Å²) >= 11 is 8.08. The molecule has 3 nitrogen and oxygen atoms in total. The van der Waals surface area contributed by atoms with E-state index in [9.17, 15) is 4.79 Å². The standard InChI is InChI=1S/C14H8ClIN2O/c15-13-7-12(6-3-10(13)8-17)18-14(19)9-1-4-11(16)5-2-9/h1-7H,(H,18,19). The van der Waals surface area contributed by atoms with Gasteiger partial charge in [-0.1, -0.05) is 11.6 Å². The number of anilines is 1. The monoisotopic (exact) mass is 382 g/mol. The minimum atomic E-state index is -0.211. The summed E-state index contributed by atoms with van der Waals surface area (Å²) in [5, 5.41) is 11.8. The quantitative estimate of drug-likeness (QED) is 0.796. The number of halogens is 2. The number of benzene rings is 2. The molecule has 2 rings (SSSR count). The Balaban J connectivity index is 2.17. The van der Waals surface area contributed by atoms with Gasteiger partial charge in [-0.15, -0.1) is 0 Å². The van der Waals surface area contributed by atoms with Crippen LogP contribution >= 0.6 is 34.2 Å². The molecule has 0 aliphatic rings. The van der Waals surface area contributed by atoms with Gasteiger partial charge in [-0.05, 0) is 65.1 Å². The van der Waals surface area contributed by atoms with Crippen molar-refractivity contribution in [1.82, 2.24) is 0 Å². The van der Waals surface area contributed by atoms with Gasteiger partial charge in [0, 0.05) is 14.8 Å². The molecule has 0 fully saturated rings. The van der Waals surface area contributed by atoms with E-state index in [0.717, 1.165) is 3.57 Å². The largest absolute Gasteiger partial charge is 0.322 e. The number of amides is 1. The Kier molecular flexibility index (Phi) is 4.40. The zero-order chi connectivity index (χ0) is 13.8. The molecule has 94 valence electrons. The highest BCUT2D eigenvalue weighted by Crippen LogP contribution is 2.20. The van der Waals surface area contributed by atoms with Crippen LogP contribution in [-0.4, -0.2) is 5.91 Å². The van der Waals surface area contributed by atoms with E-state index in [1.165, 1.54) is 0 Å². The van der Waals surface area contributed by atoms with Crippen molar-refractivity contribution < 1.29 is 4.79 Å². The maximum absolute atomic E-state index is 12.0.